The van der Waals surface area contributed by atoms with Gasteiger partial charge in [0, 0.05) is 13.2 Å². The van der Waals surface area contributed by atoms with Crippen molar-refractivity contribution in [1.82, 2.24) is 15.0 Å². The number of ether oxygens (including phenoxy) is 1. The van der Waals surface area contributed by atoms with Gasteiger partial charge in [-0.15, -0.1) is 5.10 Å². The van der Waals surface area contributed by atoms with Crippen molar-refractivity contribution < 1.29 is 14.6 Å². The van der Waals surface area contributed by atoms with Crippen LogP contribution in [-0.4, -0.2) is 39.3 Å². The number of hydrogen-bond donors (Lipinski definition) is 1. The first-order valence-corrected chi connectivity index (χ1v) is 7.33. The van der Waals surface area contributed by atoms with Crippen LogP contribution < -0.4 is 0 Å². The molecule has 0 saturated heterocycles. The van der Waals surface area contributed by atoms with E-state index in [-0.39, 0.29) is 12.5 Å². The molecule has 0 aliphatic heterocycles. The van der Waals surface area contributed by atoms with Crippen molar-refractivity contribution in [2.24, 2.45) is 0 Å². The van der Waals surface area contributed by atoms with Crippen LogP contribution in [0.1, 0.15) is 68.6 Å². The van der Waals surface area contributed by atoms with E-state index in [1.165, 1.54) is 0 Å². The molecule has 1 aromatic rings. The van der Waals surface area contributed by atoms with Crippen LogP contribution in [0.5, 0.6) is 0 Å². The van der Waals surface area contributed by atoms with Gasteiger partial charge in [-0.3, -0.25) is 0 Å². The third-order valence-corrected chi connectivity index (χ3v) is 3.07. The van der Waals surface area contributed by atoms with E-state index < -0.39 is 5.97 Å². The van der Waals surface area contributed by atoms with Gasteiger partial charge in [-0.25, -0.2) is 9.48 Å². The number of hydrogen-bond acceptors (Lipinski definition) is 5. The Morgan fingerprint density at radius 3 is 2.60 bits per heavy atom. The molecule has 6 nitrogen and oxygen atoms in total. The number of aromatic nitrogens is 3. The monoisotopic (exact) mass is 283 g/mol. The van der Waals surface area contributed by atoms with Gasteiger partial charge in [-0.05, 0) is 25.7 Å². The van der Waals surface area contributed by atoms with Gasteiger partial charge in [-0.2, -0.15) is 0 Å². The predicted molar refractivity (Wildman–Crippen MR) is 75.6 cm³/mol. The second-order valence-corrected chi connectivity index (χ2v) is 5.06. The van der Waals surface area contributed by atoms with E-state index in [4.69, 9.17) is 9.84 Å². The molecule has 0 atom stereocenters. The lowest BCUT2D eigenvalue weighted by atomic mass is 10.1. The summed E-state index contributed by atoms with van der Waals surface area (Å²) < 4.78 is 6.81. The van der Waals surface area contributed by atoms with Gasteiger partial charge in [0.1, 0.15) is 0 Å². The fourth-order valence-corrected chi connectivity index (χ4v) is 2.13. The van der Waals surface area contributed by atoms with Gasteiger partial charge in [0.25, 0.3) is 0 Å². The molecule has 1 heterocycles. The number of nitrogens with zero attached hydrogens (tertiary/aromatic N) is 3. The highest BCUT2D eigenvalue weighted by Gasteiger charge is 2.22. The molecule has 0 spiro atoms. The minimum atomic E-state index is -0.400. The molecule has 0 amide bonds. The van der Waals surface area contributed by atoms with E-state index >= 15 is 0 Å². The van der Waals surface area contributed by atoms with E-state index in [2.05, 4.69) is 10.3 Å². The number of aliphatic hydroxyl groups excluding tert-OH is 1. The Bertz CT molecular complexity index is 416. The van der Waals surface area contributed by atoms with Crippen molar-refractivity contribution in [3.63, 3.8) is 0 Å². The van der Waals surface area contributed by atoms with Crippen LogP contribution in [0.2, 0.25) is 0 Å². The number of aryl methyl sites for hydroxylation is 1. The van der Waals surface area contributed by atoms with Crippen LogP contribution in [0.4, 0.5) is 0 Å². The third-order valence-electron chi connectivity index (χ3n) is 3.07. The van der Waals surface area contributed by atoms with E-state index in [9.17, 15) is 4.79 Å². The molecule has 0 aromatic carbocycles. The highest BCUT2D eigenvalue weighted by molar-refractivity contribution is 5.88. The van der Waals surface area contributed by atoms with Gasteiger partial charge in [0.15, 0.2) is 5.69 Å². The summed E-state index contributed by atoms with van der Waals surface area (Å²) in [5.41, 5.74) is 1.17. The van der Waals surface area contributed by atoms with Crippen molar-refractivity contribution in [2.75, 3.05) is 13.2 Å². The third kappa shape index (κ3) is 4.59. The number of carbonyl (C=O) groups excluding carboxylic acids is 1. The largest absolute Gasteiger partial charge is 0.461 e. The summed E-state index contributed by atoms with van der Waals surface area (Å²) >= 11 is 0. The van der Waals surface area contributed by atoms with Crippen molar-refractivity contribution in [3.8, 4) is 0 Å². The second-order valence-electron chi connectivity index (χ2n) is 5.06. The smallest absolute Gasteiger partial charge is 0.360 e. The summed E-state index contributed by atoms with van der Waals surface area (Å²) in [5, 5.41) is 16.8. The van der Waals surface area contributed by atoms with Crippen LogP contribution in [0.25, 0.3) is 0 Å². The minimum Gasteiger partial charge on any atom is -0.461 e. The lowest BCUT2D eigenvalue weighted by Gasteiger charge is -2.10. The van der Waals surface area contributed by atoms with Crippen LogP contribution >= 0.6 is 0 Å². The number of unbranched alkanes of at least 4 members (excludes halogenated alkanes) is 3. The lowest BCUT2D eigenvalue weighted by molar-refractivity contribution is 0.0517. The molecular weight excluding hydrogens is 258 g/mol. The first-order valence-electron chi connectivity index (χ1n) is 7.33. The fraction of sp³-hybridized carbons (Fsp3) is 0.786. The molecule has 6 heteroatoms. The molecule has 0 aliphatic rings. The summed E-state index contributed by atoms with van der Waals surface area (Å²) in [7, 11) is 0. The quantitative estimate of drug-likeness (QED) is 0.555. The van der Waals surface area contributed by atoms with Crippen LogP contribution in [0, 0.1) is 0 Å². The molecular formula is C14H25N3O3. The molecule has 0 fully saturated rings. The van der Waals surface area contributed by atoms with Crippen LogP contribution in [0.15, 0.2) is 0 Å². The van der Waals surface area contributed by atoms with Crippen molar-refractivity contribution in [3.05, 3.63) is 11.4 Å². The van der Waals surface area contributed by atoms with Crippen LogP contribution in [0.3, 0.4) is 0 Å². The van der Waals surface area contributed by atoms with Crippen LogP contribution in [-0.2, 0) is 11.3 Å². The van der Waals surface area contributed by atoms with Gasteiger partial charge >= 0.3 is 5.97 Å². The Morgan fingerprint density at radius 1 is 1.30 bits per heavy atom. The summed E-state index contributed by atoms with van der Waals surface area (Å²) in [4.78, 5) is 11.8. The van der Waals surface area contributed by atoms with E-state index in [0.29, 0.717) is 12.3 Å². The van der Waals surface area contributed by atoms with Gasteiger partial charge in [0.05, 0.1) is 12.3 Å². The summed E-state index contributed by atoms with van der Waals surface area (Å²) in [5.74, 6) is -0.232. The van der Waals surface area contributed by atoms with Crippen molar-refractivity contribution in [1.29, 1.82) is 0 Å². The van der Waals surface area contributed by atoms with E-state index in [1.54, 1.807) is 11.6 Å². The maximum absolute atomic E-state index is 11.8. The molecule has 0 unspecified atom stereocenters. The molecule has 1 N–H and O–H groups in total. The molecule has 0 bridgehead atoms. The Hall–Kier alpha value is -1.43. The zero-order chi connectivity index (χ0) is 15.0. The first-order chi connectivity index (χ1) is 9.61. The zero-order valence-electron chi connectivity index (χ0n) is 12.6. The number of carbonyl (C=O) groups is 1. The normalized spacial score (nSPS) is 11.1. The topological polar surface area (TPSA) is 77.2 Å². The zero-order valence-corrected chi connectivity index (χ0v) is 12.6. The average molecular weight is 283 g/mol. The fourth-order valence-electron chi connectivity index (χ4n) is 2.13. The molecule has 1 aromatic heterocycles. The lowest BCUT2D eigenvalue weighted by Crippen LogP contribution is -2.12. The first kappa shape index (κ1) is 16.6. The second kappa shape index (κ2) is 8.68. The Morgan fingerprint density at radius 2 is 2.00 bits per heavy atom. The van der Waals surface area contributed by atoms with Gasteiger partial charge in [0.2, 0.25) is 0 Å². The maximum Gasteiger partial charge on any atom is 0.360 e. The average Bonchev–Trinajstić information content (AvgIpc) is 2.83. The van der Waals surface area contributed by atoms with Gasteiger partial charge < -0.3 is 9.84 Å². The summed E-state index contributed by atoms with van der Waals surface area (Å²) in [6, 6.07) is 0. The van der Waals surface area contributed by atoms with E-state index in [1.807, 2.05) is 13.8 Å². The summed E-state index contributed by atoms with van der Waals surface area (Å²) in [6.07, 6.45) is 3.84. The molecule has 1 rings (SSSR count). The van der Waals surface area contributed by atoms with Crippen molar-refractivity contribution >= 4 is 5.97 Å². The minimum absolute atomic E-state index is 0.168. The number of esters is 1. The number of aliphatic hydroxyl groups is 1. The highest BCUT2D eigenvalue weighted by Crippen LogP contribution is 2.19. The molecule has 114 valence electrons. The highest BCUT2D eigenvalue weighted by atomic mass is 16.5. The SMILES string of the molecule is CCOC(=O)c1nnn(CCCCCCO)c1C(C)C. The predicted octanol–water partition coefficient (Wildman–Crippen LogP) is 2.13. The Balaban J connectivity index is 2.69. The Kier molecular flexibility index (Phi) is 7.22. The summed E-state index contributed by atoms with van der Waals surface area (Å²) in [6.45, 7) is 7.13. The standard InChI is InChI=1S/C14H25N3O3/c1-4-20-14(19)12-13(11(2)3)17(16-15-12)9-7-5-6-8-10-18/h11,18H,4-10H2,1-3H3. The maximum atomic E-state index is 11.8. The van der Waals surface area contributed by atoms with E-state index in [0.717, 1.165) is 37.9 Å². The molecule has 0 radical (unpaired) electrons. The number of rotatable bonds is 9. The molecule has 0 saturated carbocycles. The molecule has 20 heavy (non-hydrogen) atoms. The molecule has 0 aliphatic carbocycles. The Labute approximate surface area is 120 Å². The van der Waals surface area contributed by atoms with Crippen molar-refractivity contribution in [2.45, 2.75) is 58.9 Å². The van der Waals surface area contributed by atoms with Gasteiger partial charge in [-0.1, -0.05) is 31.9 Å².